The van der Waals surface area contributed by atoms with E-state index in [1.165, 1.54) is 35.9 Å². The highest BCUT2D eigenvalue weighted by atomic mass is 19.4. The number of nitrogens with one attached hydrogen (secondary N) is 2. The Morgan fingerprint density at radius 3 is 2.36 bits per heavy atom. The van der Waals surface area contributed by atoms with Crippen LogP contribution >= 0.6 is 0 Å². The zero-order chi connectivity index (χ0) is 28.5. The quantitative estimate of drug-likeness (QED) is 0.333. The van der Waals surface area contributed by atoms with Crippen molar-refractivity contribution in [3.63, 3.8) is 0 Å². The minimum Gasteiger partial charge on any atom is -0.471 e. The topological polar surface area (TPSA) is 81.1 Å². The van der Waals surface area contributed by atoms with Crippen LogP contribution in [0.1, 0.15) is 41.6 Å². The summed E-state index contributed by atoms with van der Waals surface area (Å²) in [5, 5.41) is 5.17. The zero-order valence-electron chi connectivity index (χ0n) is 20.3. The molecule has 0 unspecified atom stereocenters. The third-order valence-electron chi connectivity index (χ3n) is 6.40. The molecular formula is C24H23F8N5O2. The molecule has 0 atom stereocenters. The summed E-state index contributed by atoms with van der Waals surface area (Å²) in [5.41, 5.74) is -1.48. The maximum atomic E-state index is 13.4. The molecule has 0 bridgehead atoms. The maximum Gasteiger partial charge on any atom is 0.418 e. The molecular weight excluding hydrogens is 542 g/mol. The van der Waals surface area contributed by atoms with Gasteiger partial charge in [-0.05, 0) is 43.9 Å². The molecule has 1 aliphatic carbocycles. The number of carbonyl (C=O) groups excluding carboxylic acids is 1. The lowest BCUT2D eigenvalue weighted by Gasteiger charge is -2.30. The van der Waals surface area contributed by atoms with Crippen LogP contribution in [0.15, 0.2) is 30.3 Å². The van der Waals surface area contributed by atoms with Gasteiger partial charge in [0.05, 0.1) is 17.2 Å². The molecule has 2 aromatic heterocycles. The average Bonchev–Trinajstić information content (AvgIpc) is 3.15. The summed E-state index contributed by atoms with van der Waals surface area (Å²) >= 11 is 0. The second kappa shape index (κ2) is 10.8. The van der Waals surface area contributed by atoms with Crippen LogP contribution < -0.4 is 15.4 Å². The van der Waals surface area contributed by atoms with Crippen LogP contribution in [-0.4, -0.2) is 45.7 Å². The fourth-order valence-electron chi connectivity index (χ4n) is 4.41. The van der Waals surface area contributed by atoms with Gasteiger partial charge in [0.1, 0.15) is 11.1 Å². The van der Waals surface area contributed by atoms with Gasteiger partial charge in [0.15, 0.2) is 12.3 Å². The number of carbonyl (C=O) groups is 1. The van der Waals surface area contributed by atoms with E-state index in [0.29, 0.717) is 0 Å². The number of hydrogen-bond donors (Lipinski definition) is 2. The third-order valence-corrected chi connectivity index (χ3v) is 6.40. The summed E-state index contributed by atoms with van der Waals surface area (Å²) < 4.78 is 111. The van der Waals surface area contributed by atoms with Gasteiger partial charge in [0.2, 0.25) is 11.8 Å². The molecule has 4 rings (SSSR count). The summed E-state index contributed by atoms with van der Waals surface area (Å²) in [5.74, 6) is -2.84. The highest BCUT2D eigenvalue weighted by Gasteiger charge is 2.41. The first kappa shape index (κ1) is 28.4. The lowest BCUT2D eigenvalue weighted by molar-refractivity contribution is -0.182. The van der Waals surface area contributed by atoms with Crippen LogP contribution in [0.5, 0.6) is 5.88 Å². The molecule has 1 fully saturated rings. The summed E-state index contributed by atoms with van der Waals surface area (Å²) in [7, 11) is 1.41. The molecule has 3 aromatic rings. The van der Waals surface area contributed by atoms with Crippen molar-refractivity contribution in [2.75, 3.05) is 11.9 Å². The van der Waals surface area contributed by atoms with Gasteiger partial charge in [-0.2, -0.15) is 31.3 Å². The Kier molecular flexibility index (Phi) is 7.89. The minimum atomic E-state index is -4.66. The number of anilines is 2. The van der Waals surface area contributed by atoms with E-state index in [4.69, 9.17) is 4.74 Å². The number of hydrogen-bond acceptors (Lipinski definition) is 5. The Bertz CT molecular complexity index is 1330. The van der Waals surface area contributed by atoms with Gasteiger partial charge in [-0.25, -0.2) is 13.8 Å². The van der Waals surface area contributed by atoms with Crippen LogP contribution in [0, 0.1) is 5.92 Å². The van der Waals surface area contributed by atoms with Crippen molar-refractivity contribution in [1.29, 1.82) is 0 Å². The lowest BCUT2D eigenvalue weighted by Crippen LogP contribution is -2.40. The first-order valence-corrected chi connectivity index (χ1v) is 11.8. The summed E-state index contributed by atoms with van der Waals surface area (Å²) in [6, 6.07) is 5.27. The molecule has 212 valence electrons. The lowest BCUT2D eigenvalue weighted by atomic mass is 9.85. The normalized spacial score (nSPS) is 18.4. The van der Waals surface area contributed by atoms with Gasteiger partial charge in [-0.3, -0.25) is 9.36 Å². The predicted octanol–water partition coefficient (Wildman–Crippen LogP) is 6.23. The number of aromatic nitrogens is 3. The second-order valence-corrected chi connectivity index (χ2v) is 9.11. The standard InChI is InChI=1S/C24H23F8N5O2/c1-37-19-17(35-22(37)34-16-5-3-2-4-15(16)24(30,31)32)10-14(21(36-19)39-11-18(25)26)20(38)33-13-8-6-12(7-9-13)23(27,28)29/h2-5,10,12-13,18H,6-9,11H2,1H3,(H,33,38)(H,34,35)/t12-,13-. The monoisotopic (exact) mass is 565 g/mol. The average molecular weight is 565 g/mol. The number of ether oxygens (including phenoxy) is 1. The van der Waals surface area contributed by atoms with Crippen LogP contribution in [0.3, 0.4) is 0 Å². The Morgan fingerprint density at radius 1 is 1.08 bits per heavy atom. The van der Waals surface area contributed by atoms with E-state index >= 15 is 0 Å². The van der Waals surface area contributed by atoms with Crippen molar-refractivity contribution in [2.45, 2.75) is 50.5 Å². The molecule has 1 aromatic carbocycles. The number of amides is 1. The molecule has 15 heteroatoms. The Balaban J connectivity index is 1.63. The SMILES string of the molecule is Cn1c(Nc2ccccc2C(F)(F)F)nc2cc(C(=O)N[C@H]3CC[C@H](C(F)(F)F)CC3)c(OCC(F)F)nc21. The van der Waals surface area contributed by atoms with E-state index < -0.39 is 54.7 Å². The highest BCUT2D eigenvalue weighted by Crippen LogP contribution is 2.38. The van der Waals surface area contributed by atoms with E-state index in [2.05, 4.69) is 20.6 Å². The van der Waals surface area contributed by atoms with Gasteiger partial charge < -0.3 is 15.4 Å². The van der Waals surface area contributed by atoms with Crippen molar-refractivity contribution in [1.82, 2.24) is 19.9 Å². The van der Waals surface area contributed by atoms with Crippen molar-refractivity contribution < 1.29 is 44.7 Å². The molecule has 0 spiro atoms. The number of rotatable bonds is 7. The van der Waals surface area contributed by atoms with E-state index in [1.807, 2.05) is 0 Å². The van der Waals surface area contributed by atoms with E-state index in [1.54, 1.807) is 0 Å². The molecule has 0 radical (unpaired) electrons. The van der Waals surface area contributed by atoms with E-state index in [9.17, 15) is 39.9 Å². The second-order valence-electron chi connectivity index (χ2n) is 9.11. The fourth-order valence-corrected chi connectivity index (χ4v) is 4.41. The number of fused-ring (bicyclic) bond motifs is 1. The van der Waals surface area contributed by atoms with Crippen molar-refractivity contribution in [3.05, 3.63) is 41.5 Å². The van der Waals surface area contributed by atoms with Gasteiger partial charge in [-0.15, -0.1) is 0 Å². The molecule has 2 heterocycles. The van der Waals surface area contributed by atoms with Crippen LogP contribution in [0.4, 0.5) is 46.8 Å². The number of nitrogens with zero attached hydrogens (tertiary/aromatic N) is 3. The molecule has 0 aliphatic heterocycles. The van der Waals surface area contributed by atoms with Crippen molar-refractivity contribution in [3.8, 4) is 5.88 Å². The van der Waals surface area contributed by atoms with E-state index in [-0.39, 0.29) is 54.0 Å². The van der Waals surface area contributed by atoms with Crippen molar-refractivity contribution >= 4 is 28.7 Å². The number of benzene rings is 1. The number of alkyl halides is 8. The van der Waals surface area contributed by atoms with Gasteiger partial charge in [0, 0.05) is 13.1 Å². The van der Waals surface area contributed by atoms with E-state index in [0.717, 1.165) is 6.07 Å². The number of aryl methyl sites for hydroxylation is 1. The predicted molar refractivity (Wildman–Crippen MR) is 124 cm³/mol. The van der Waals surface area contributed by atoms with Gasteiger partial charge in [-0.1, -0.05) is 12.1 Å². The largest absolute Gasteiger partial charge is 0.471 e. The van der Waals surface area contributed by atoms with Gasteiger partial charge >= 0.3 is 12.4 Å². The summed E-state index contributed by atoms with van der Waals surface area (Å²) in [6.45, 7) is -1.10. The molecule has 1 aliphatic rings. The number of imidazole rings is 1. The van der Waals surface area contributed by atoms with Gasteiger partial charge in [0.25, 0.3) is 12.3 Å². The first-order valence-electron chi connectivity index (χ1n) is 11.8. The first-order chi connectivity index (χ1) is 18.2. The zero-order valence-corrected chi connectivity index (χ0v) is 20.3. The Morgan fingerprint density at radius 2 is 1.74 bits per heavy atom. The van der Waals surface area contributed by atoms with Crippen molar-refractivity contribution in [2.24, 2.45) is 13.0 Å². The fraction of sp³-hybridized carbons (Fsp3) is 0.458. The number of halogens is 8. The summed E-state index contributed by atoms with van der Waals surface area (Å²) in [6.07, 6.45) is -12.1. The maximum absolute atomic E-state index is 13.4. The summed E-state index contributed by atoms with van der Waals surface area (Å²) in [4.78, 5) is 21.3. The Hall–Kier alpha value is -3.65. The molecule has 1 amide bonds. The molecule has 2 N–H and O–H groups in total. The molecule has 0 saturated heterocycles. The minimum absolute atomic E-state index is 0.0218. The molecule has 39 heavy (non-hydrogen) atoms. The third kappa shape index (κ3) is 6.50. The van der Waals surface area contributed by atoms with Crippen LogP contribution in [0.25, 0.3) is 11.2 Å². The van der Waals surface area contributed by atoms with Crippen LogP contribution in [0.2, 0.25) is 0 Å². The van der Waals surface area contributed by atoms with Crippen LogP contribution in [-0.2, 0) is 13.2 Å². The molecule has 7 nitrogen and oxygen atoms in total. The Labute approximate surface area is 216 Å². The number of pyridine rings is 1. The highest BCUT2D eigenvalue weighted by molar-refractivity contribution is 5.99. The number of para-hydroxylation sites is 1. The smallest absolute Gasteiger partial charge is 0.418 e. The molecule has 1 saturated carbocycles.